The van der Waals surface area contributed by atoms with Crippen LogP contribution in [0, 0.1) is 19.7 Å². The smallest absolute Gasteiger partial charge is 0.126 e. The van der Waals surface area contributed by atoms with Crippen LogP contribution in [-0.4, -0.2) is 10.2 Å². The van der Waals surface area contributed by atoms with E-state index in [0.717, 1.165) is 10.2 Å². The van der Waals surface area contributed by atoms with E-state index in [1.54, 1.807) is 13.0 Å². The van der Waals surface area contributed by atoms with Crippen molar-refractivity contribution in [3.63, 3.8) is 0 Å². The van der Waals surface area contributed by atoms with Crippen LogP contribution in [0.4, 0.5) is 4.39 Å². The zero-order valence-electron chi connectivity index (χ0n) is 8.74. The molecule has 0 spiro atoms. The first-order valence-corrected chi connectivity index (χ1v) is 5.84. The van der Waals surface area contributed by atoms with Crippen molar-refractivity contribution in [2.75, 3.05) is 0 Å². The van der Waals surface area contributed by atoms with Gasteiger partial charge in [-0.2, -0.15) is 5.10 Å². The fourth-order valence-electron chi connectivity index (χ4n) is 1.42. The minimum Gasteiger partial charge on any atom is -0.281 e. The third kappa shape index (κ3) is 1.87. The van der Waals surface area contributed by atoms with Crippen LogP contribution in [0.25, 0.3) is 11.3 Å². The van der Waals surface area contributed by atoms with Gasteiger partial charge in [0.15, 0.2) is 0 Å². The highest BCUT2D eigenvalue weighted by molar-refractivity contribution is 9.10. The molecular weight excluding hydrogens is 294 g/mol. The Balaban J connectivity index is 2.65. The monoisotopic (exact) mass is 302 g/mol. The molecule has 0 radical (unpaired) electrons. The van der Waals surface area contributed by atoms with Gasteiger partial charge in [-0.05, 0) is 47.5 Å². The number of aromatic nitrogens is 2. The van der Waals surface area contributed by atoms with Crippen LogP contribution in [0.1, 0.15) is 11.3 Å². The third-order valence-corrected chi connectivity index (χ3v) is 3.66. The Morgan fingerprint density at radius 3 is 2.62 bits per heavy atom. The van der Waals surface area contributed by atoms with Crippen molar-refractivity contribution in [1.82, 2.24) is 10.2 Å². The van der Waals surface area contributed by atoms with E-state index in [4.69, 9.17) is 11.6 Å². The minimum absolute atomic E-state index is 0.285. The van der Waals surface area contributed by atoms with Crippen LogP contribution in [0.2, 0.25) is 5.02 Å². The van der Waals surface area contributed by atoms with Gasteiger partial charge in [-0.15, -0.1) is 0 Å². The summed E-state index contributed by atoms with van der Waals surface area (Å²) in [7, 11) is 0. The Morgan fingerprint density at radius 1 is 1.38 bits per heavy atom. The van der Waals surface area contributed by atoms with Gasteiger partial charge in [-0.3, -0.25) is 5.10 Å². The number of H-pyrrole nitrogens is 1. The fourth-order valence-corrected chi connectivity index (χ4v) is 2.12. The maximum Gasteiger partial charge on any atom is 0.126 e. The van der Waals surface area contributed by atoms with Crippen LogP contribution in [0.15, 0.2) is 16.6 Å². The van der Waals surface area contributed by atoms with E-state index in [2.05, 4.69) is 26.1 Å². The molecule has 0 aliphatic carbocycles. The van der Waals surface area contributed by atoms with Crippen LogP contribution in [0.5, 0.6) is 0 Å². The molecule has 0 aliphatic rings. The molecule has 0 unspecified atom stereocenters. The van der Waals surface area contributed by atoms with Gasteiger partial charge in [0, 0.05) is 11.3 Å². The Bertz CT molecular complexity index is 551. The molecule has 1 N–H and O–H groups in total. The van der Waals surface area contributed by atoms with E-state index in [1.807, 2.05) is 6.92 Å². The summed E-state index contributed by atoms with van der Waals surface area (Å²) >= 11 is 9.47. The molecule has 0 amide bonds. The van der Waals surface area contributed by atoms with E-state index >= 15 is 0 Å². The van der Waals surface area contributed by atoms with Gasteiger partial charge in [0.2, 0.25) is 0 Å². The molecule has 1 aromatic heterocycles. The number of aromatic amines is 1. The van der Waals surface area contributed by atoms with Crippen molar-refractivity contribution in [2.24, 2.45) is 0 Å². The average molecular weight is 304 g/mol. The molecule has 0 aliphatic heterocycles. The van der Waals surface area contributed by atoms with Gasteiger partial charge in [0.25, 0.3) is 0 Å². The largest absolute Gasteiger partial charge is 0.281 e. The first kappa shape index (κ1) is 11.6. The normalized spacial score (nSPS) is 10.8. The van der Waals surface area contributed by atoms with Crippen LogP contribution in [0.3, 0.4) is 0 Å². The molecule has 0 fully saturated rings. The van der Waals surface area contributed by atoms with E-state index in [9.17, 15) is 4.39 Å². The van der Waals surface area contributed by atoms with E-state index in [1.165, 1.54) is 6.07 Å². The average Bonchev–Trinajstić information content (AvgIpc) is 2.54. The predicted octanol–water partition coefficient (Wildman–Crippen LogP) is 4.25. The lowest BCUT2D eigenvalue weighted by atomic mass is 10.1. The SMILES string of the molecule is Cc1cc(Cl)c(-c2n[nH]c(C)c2Br)cc1F. The molecule has 84 valence electrons. The quantitative estimate of drug-likeness (QED) is 0.838. The number of rotatable bonds is 1. The zero-order valence-corrected chi connectivity index (χ0v) is 11.1. The molecule has 0 bridgehead atoms. The maximum absolute atomic E-state index is 13.5. The third-order valence-electron chi connectivity index (χ3n) is 2.38. The minimum atomic E-state index is -0.285. The maximum atomic E-state index is 13.5. The Kier molecular flexibility index (Phi) is 3.04. The fraction of sp³-hybridized carbons (Fsp3) is 0.182. The van der Waals surface area contributed by atoms with Crippen LogP contribution in [-0.2, 0) is 0 Å². The number of nitrogens with one attached hydrogen (secondary N) is 1. The predicted molar refractivity (Wildman–Crippen MR) is 66.2 cm³/mol. The summed E-state index contributed by atoms with van der Waals surface area (Å²) in [6.07, 6.45) is 0. The summed E-state index contributed by atoms with van der Waals surface area (Å²) in [6, 6.07) is 3.00. The lowest BCUT2D eigenvalue weighted by molar-refractivity contribution is 0.619. The molecule has 2 aromatic rings. The van der Waals surface area contributed by atoms with Crippen molar-refractivity contribution in [2.45, 2.75) is 13.8 Å². The molecule has 1 aromatic carbocycles. The van der Waals surface area contributed by atoms with Gasteiger partial charge in [0.1, 0.15) is 11.5 Å². The van der Waals surface area contributed by atoms with Gasteiger partial charge in [-0.25, -0.2) is 4.39 Å². The molecule has 16 heavy (non-hydrogen) atoms. The van der Waals surface area contributed by atoms with Crippen LogP contribution < -0.4 is 0 Å². The number of hydrogen-bond donors (Lipinski definition) is 1. The van der Waals surface area contributed by atoms with E-state index < -0.39 is 0 Å². The summed E-state index contributed by atoms with van der Waals surface area (Å²) in [6.45, 7) is 3.55. The highest BCUT2D eigenvalue weighted by atomic mass is 79.9. The summed E-state index contributed by atoms with van der Waals surface area (Å²) in [5, 5.41) is 7.40. The topological polar surface area (TPSA) is 28.7 Å². The number of aryl methyl sites for hydroxylation is 2. The van der Waals surface area contributed by atoms with Gasteiger partial charge >= 0.3 is 0 Å². The van der Waals surface area contributed by atoms with E-state index in [0.29, 0.717) is 21.8 Å². The highest BCUT2D eigenvalue weighted by Crippen LogP contribution is 2.34. The lowest BCUT2D eigenvalue weighted by Crippen LogP contribution is -1.87. The van der Waals surface area contributed by atoms with Crippen molar-refractivity contribution in [3.05, 3.63) is 38.7 Å². The Hall–Kier alpha value is -0.870. The van der Waals surface area contributed by atoms with Gasteiger partial charge in [-0.1, -0.05) is 11.6 Å². The summed E-state index contributed by atoms with van der Waals surface area (Å²) in [5.41, 5.74) is 2.62. The van der Waals surface area contributed by atoms with Crippen molar-refractivity contribution >= 4 is 27.5 Å². The number of benzene rings is 1. The zero-order chi connectivity index (χ0) is 11.9. The van der Waals surface area contributed by atoms with Crippen molar-refractivity contribution in [3.8, 4) is 11.3 Å². The lowest BCUT2D eigenvalue weighted by Gasteiger charge is -2.04. The van der Waals surface area contributed by atoms with Crippen LogP contribution >= 0.6 is 27.5 Å². The second-order valence-corrected chi connectivity index (χ2v) is 4.79. The highest BCUT2D eigenvalue weighted by Gasteiger charge is 2.14. The first-order valence-electron chi connectivity index (χ1n) is 4.67. The molecule has 2 nitrogen and oxygen atoms in total. The Morgan fingerprint density at radius 2 is 2.06 bits per heavy atom. The molecule has 0 atom stereocenters. The Labute approximate surface area is 106 Å². The summed E-state index contributed by atoms with van der Waals surface area (Å²) in [4.78, 5) is 0. The van der Waals surface area contributed by atoms with Crippen molar-refractivity contribution in [1.29, 1.82) is 0 Å². The number of halogens is 3. The standard InChI is InChI=1S/C11H9BrClFN2/c1-5-3-8(13)7(4-9(5)14)11-10(12)6(2)15-16-11/h3-4H,1-2H3,(H,15,16). The molecule has 0 saturated carbocycles. The number of hydrogen-bond acceptors (Lipinski definition) is 1. The van der Waals surface area contributed by atoms with E-state index in [-0.39, 0.29) is 5.82 Å². The summed E-state index contributed by atoms with van der Waals surface area (Å²) < 4.78 is 14.3. The molecule has 0 saturated heterocycles. The number of nitrogens with zero attached hydrogens (tertiary/aromatic N) is 1. The second-order valence-electron chi connectivity index (χ2n) is 3.59. The second kappa shape index (κ2) is 4.18. The van der Waals surface area contributed by atoms with Crippen molar-refractivity contribution < 1.29 is 4.39 Å². The molecule has 2 rings (SSSR count). The molecule has 5 heteroatoms. The molecule has 1 heterocycles. The summed E-state index contributed by atoms with van der Waals surface area (Å²) in [5.74, 6) is -0.285. The first-order chi connectivity index (χ1) is 7.50. The molecular formula is C11H9BrClFN2. The van der Waals surface area contributed by atoms with Gasteiger partial charge in [0.05, 0.1) is 9.50 Å². The van der Waals surface area contributed by atoms with Gasteiger partial charge < -0.3 is 0 Å².